The van der Waals surface area contributed by atoms with E-state index < -0.39 is 5.91 Å². The van der Waals surface area contributed by atoms with Crippen molar-refractivity contribution >= 4 is 17.7 Å². The van der Waals surface area contributed by atoms with Crippen LogP contribution in [0.25, 0.3) is 6.08 Å². The number of ether oxygens (including phenoxy) is 1. The number of carbonyl (C=O) groups is 1. The number of amides is 1. The zero-order valence-electron chi connectivity index (χ0n) is 16.9. The molecule has 0 fully saturated rings. The third-order valence-electron chi connectivity index (χ3n) is 4.52. The molecule has 2 rings (SSSR count). The molecule has 2 aromatic rings. The molecule has 0 aliphatic rings. The summed E-state index contributed by atoms with van der Waals surface area (Å²) in [4.78, 5) is 12.6. The fourth-order valence-electron chi connectivity index (χ4n) is 3.49. The van der Waals surface area contributed by atoms with E-state index in [1.54, 1.807) is 13.2 Å². The molecular weight excluding hydrogens is 338 g/mol. The van der Waals surface area contributed by atoms with Gasteiger partial charge in [-0.2, -0.15) is 5.26 Å². The Balaban J connectivity index is 2.31. The van der Waals surface area contributed by atoms with Crippen LogP contribution in [0.5, 0.6) is 0 Å². The van der Waals surface area contributed by atoms with Crippen molar-refractivity contribution in [2.24, 2.45) is 0 Å². The molecule has 5 nitrogen and oxygen atoms in total. The Kier molecular flexibility index (Phi) is 6.59. The number of nitrogens with one attached hydrogen (secondary N) is 1. The maximum atomic E-state index is 12.6. The molecule has 1 amide bonds. The van der Waals surface area contributed by atoms with E-state index >= 15 is 0 Å². The minimum atomic E-state index is -0.405. The first-order valence-corrected chi connectivity index (χ1v) is 8.95. The number of methoxy groups -OCH3 is 1. The van der Waals surface area contributed by atoms with Crippen molar-refractivity contribution in [1.82, 2.24) is 4.57 Å². The van der Waals surface area contributed by atoms with Gasteiger partial charge in [0.2, 0.25) is 0 Å². The molecular formula is C22H27N3O2. The van der Waals surface area contributed by atoms with Crippen molar-refractivity contribution in [1.29, 1.82) is 5.26 Å². The van der Waals surface area contributed by atoms with Crippen LogP contribution in [0.4, 0.5) is 5.69 Å². The largest absolute Gasteiger partial charge is 0.383 e. The summed E-state index contributed by atoms with van der Waals surface area (Å²) in [6.07, 6.45) is 1.65. The summed E-state index contributed by atoms with van der Waals surface area (Å²) in [6, 6.07) is 10.00. The van der Waals surface area contributed by atoms with E-state index in [1.807, 2.05) is 58.0 Å². The number of aryl methyl sites for hydroxylation is 3. The third-order valence-corrected chi connectivity index (χ3v) is 4.52. The predicted octanol–water partition coefficient (Wildman–Crippen LogP) is 4.47. The Morgan fingerprint density at radius 3 is 2.41 bits per heavy atom. The molecule has 0 bridgehead atoms. The molecule has 1 aromatic heterocycles. The Hall–Kier alpha value is -2.84. The average Bonchev–Trinajstić information content (AvgIpc) is 2.85. The molecule has 0 aliphatic heterocycles. The summed E-state index contributed by atoms with van der Waals surface area (Å²) >= 11 is 0. The highest BCUT2D eigenvalue weighted by atomic mass is 16.5. The Morgan fingerprint density at radius 1 is 1.22 bits per heavy atom. The van der Waals surface area contributed by atoms with Gasteiger partial charge >= 0.3 is 0 Å². The lowest BCUT2D eigenvalue weighted by Gasteiger charge is -2.17. The van der Waals surface area contributed by atoms with Gasteiger partial charge in [0.1, 0.15) is 11.6 Å². The summed E-state index contributed by atoms with van der Waals surface area (Å²) in [7, 11) is 1.68. The van der Waals surface area contributed by atoms with Crippen LogP contribution in [-0.2, 0) is 9.53 Å². The summed E-state index contributed by atoms with van der Waals surface area (Å²) in [5.41, 5.74) is 5.82. The molecule has 5 heteroatoms. The van der Waals surface area contributed by atoms with E-state index in [2.05, 4.69) is 16.8 Å². The smallest absolute Gasteiger partial charge is 0.266 e. The third kappa shape index (κ3) is 4.87. The molecule has 1 unspecified atom stereocenters. The zero-order valence-corrected chi connectivity index (χ0v) is 16.9. The van der Waals surface area contributed by atoms with Crippen molar-refractivity contribution in [3.05, 3.63) is 57.9 Å². The first-order chi connectivity index (χ1) is 12.8. The van der Waals surface area contributed by atoms with Gasteiger partial charge in [-0.3, -0.25) is 4.79 Å². The molecule has 0 spiro atoms. The van der Waals surface area contributed by atoms with Crippen LogP contribution in [0.2, 0.25) is 0 Å². The van der Waals surface area contributed by atoms with Crippen molar-refractivity contribution in [2.75, 3.05) is 19.0 Å². The van der Waals surface area contributed by atoms with E-state index in [4.69, 9.17) is 4.74 Å². The molecule has 142 valence electrons. The molecule has 27 heavy (non-hydrogen) atoms. The quantitative estimate of drug-likeness (QED) is 0.606. The van der Waals surface area contributed by atoms with E-state index in [9.17, 15) is 10.1 Å². The lowest BCUT2D eigenvalue weighted by molar-refractivity contribution is -0.112. The van der Waals surface area contributed by atoms with Gasteiger partial charge in [0.25, 0.3) is 5.91 Å². The molecule has 1 atom stereocenters. The van der Waals surface area contributed by atoms with Crippen LogP contribution in [0, 0.1) is 39.0 Å². The number of rotatable bonds is 6. The zero-order chi connectivity index (χ0) is 20.1. The summed E-state index contributed by atoms with van der Waals surface area (Å²) in [5, 5.41) is 12.3. The van der Waals surface area contributed by atoms with Gasteiger partial charge in [-0.05, 0) is 75.6 Å². The van der Waals surface area contributed by atoms with E-state index in [-0.39, 0.29) is 11.6 Å². The number of nitriles is 1. The highest BCUT2D eigenvalue weighted by Gasteiger charge is 2.16. The second kappa shape index (κ2) is 8.70. The van der Waals surface area contributed by atoms with Gasteiger partial charge in [0.15, 0.2) is 0 Å². The highest BCUT2D eigenvalue weighted by molar-refractivity contribution is 6.09. The summed E-state index contributed by atoms with van der Waals surface area (Å²) in [5.74, 6) is -0.405. The van der Waals surface area contributed by atoms with Crippen LogP contribution < -0.4 is 5.32 Å². The second-order valence-corrected chi connectivity index (χ2v) is 7.00. The minimum absolute atomic E-state index is 0.0776. The van der Waals surface area contributed by atoms with Gasteiger partial charge in [-0.15, -0.1) is 0 Å². The van der Waals surface area contributed by atoms with Crippen molar-refractivity contribution < 1.29 is 9.53 Å². The first-order valence-electron chi connectivity index (χ1n) is 8.95. The van der Waals surface area contributed by atoms with Gasteiger partial charge in [0.05, 0.1) is 12.6 Å². The van der Waals surface area contributed by atoms with E-state index in [1.165, 1.54) is 0 Å². The topological polar surface area (TPSA) is 67.0 Å². The number of benzene rings is 1. The Bertz CT molecular complexity index is 896. The number of aromatic nitrogens is 1. The maximum absolute atomic E-state index is 12.6. The van der Waals surface area contributed by atoms with Gasteiger partial charge in [-0.25, -0.2) is 0 Å². The molecule has 0 saturated heterocycles. The van der Waals surface area contributed by atoms with E-state index in [0.717, 1.165) is 28.1 Å². The van der Waals surface area contributed by atoms with Crippen LogP contribution in [0.3, 0.4) is 0 Å². The summed E-state index contributed by atoms with van der Waals surface area (Å²) in [6.45, 7) is 10.6. The number of carbonyl (C=O) groups excluding carboxylic acids is 1. The minimum Gasteiger partial charge on any atom is -0.383 e. The fraction of sp³-hybridized carbons (Fsp3) is 0.364. The monoisotopic (exact) mass is 365 g/mol. The lowest BCUT2D eigenvalue weighted by Crippen LogP contribution is -2.14. The molecule has 0 saturated carbocycles. The van der Waals surface area contributed by atoms with E-state index in [0.29, 0.717) is 12.3 Å². The van der Waals surface area contributed by atoms with Crippen LogP contribution in [0.15, 0.2) is 29.8 Å². The molecule has 1 aromatic carbocycles. The molecule has 1 N–H and O–H groups in total. The standard InChI is InChI=1S/C22H27N3O2/c1-14-7-15(2)9-21(8-14)24-22(26)20(12-23)11-19-10-16(3)25(18(19)5)17(4)13-27-6/h7-11,17H,13H2,1-6H3,(H,24,26)/b20-11-. The normalized spacial score (nSPS) is 12.6. The van der Waals surface area contributed by atoms with Crippen molar-refractivity contribution in [2.45, 2.75) is 40.7 Å². The predicted molar refractivity (Wildman–Crippen MR) is 109 cm³/mol. The van der Waals surface area contributed by atoms with Crippen LogP contribution >= 0.6 is 0 Å². The number of nitrogens with zero attached hydrogens (tertiary/aromatic N) is 2. The number of hydrogen-bond acceptors (Lipinski definition) is 3. The molecule has 1 heterocycles. The van der Waals surface area contributed by atoms with Crippen LogP contribution in [0.1, 0.15) is 41.0 Å². The van der Waals surface area contributed by atoms with Gasteiger partial charge in [-0.1, -0.05) is 6.07 Å². The maximum Gasteiger partial charge on any atom is 0.266 e. The highest BCUT2D eigenvalue weighted by Crippen LogP contribution is 2.23. The molecule has 0 radical (unpaired) electrons. The Morgan fingerprint density at radius 2 is 1.85 bits per heavy atom. The van der Waals surface area contributed by atoms with Crippen molar-refractivity contribution in [3.63, 3.8) is 0 Å². The van der Waals surface area contributed by atoms with Gasteiger partial charge < -0.3 is 14.6 Å². The van der Waals surface area contributed by atoms with Crippen molar-refractivity contribution in [3.8, 4) is 6.07 Å². The Labute approximate surface area is 161 Å². The first kappa shape index (κ1) is 20.5. The number of anilines is 1. The van der Waals surface area contributed by atoms with Crippen LogP contribution in [-0.4, -0.2) is 24.2 Å². The lowest BCUT2D eigenvalue weighted by atomic mass is 10.1. The molecule has 0 aliphatic carbocycles. The van der Waals surface area contributed by atoms with Gasteiger partial charge in [0, 0.05) is 24.2 Å². The SMILES string of the molecule is COCC(C)n1c(C)cc(/C=C(/C#N)C(=O)Nc2cc(C)cc(C)c2)c1C. The summed E-state index contributed by atoms with van der Waals surface area (Å²) < 4.78 is 7.41. The average molecular weight is 365 g/mol. The fourth-order valence-corrected chi connectivity index (χ4v) is 3.49. The number of hydrogen-bond donors (Lipinski definition) is 1. The second-order valence-electron chi connectivity index (χ2n) is 7.00.